The summed E-state index contributed by atoms with van der Waals surface area (Å²) in [7, 11) is 3.78. The van der Waals surface area contributed by atoms with Crippen molar-refractivity contribution in [3.63, 3.8) is 0 Å². The fourth-order valence-corrected chi connectivity index (χ4v) is 2.08. The third-order valence-corrected chi connectivity index (χ3v) is 3.23. The van der Waals surface area contributed by atoms with Crippen molar-refractivity contribution < 1.29 is 4.74 Å². The summed E-state index contributed by atoms with van der Waals surface area (Å²) in [6.45, 7) is 2.76. The maximum absolute atomic E-state index is 5.63. The average Bonchev–Trinajstić information content (AvgIpc) is 2.96. The van der Waals surface area contributed by atoms with E-state index in [9.17, 15) is 0 Å². The van der Waals surface area contributed by atoms with Gasteiger partial charge in [0.05, 0.1) is 13.2 Å². The van der Waals surface area contributed by atoms with E-state index in [1.54, 1.807) is 7.05 Å². The molecule has 0 atom stereocenters. The Bertz CT molecular complexity index is 577. The smallest absolute Gasteiger partial charge is 0.191 e. The zero-order chi connectivity index (χ0) is 15.6. The first-order valence-electron chi connectivity index (χ1n) is 7.45. The molecule has 5 nitrogen and oxygen atoms in total. The number of aryl methyl sites for hydroxylation is 1. The van der Waals surface area contributed by atoms with Crippen LogP contribution in [0.25, 0.3) is 0 Å². The van der Waals surface area contributed by atoms with Crippen LogP contribution in [-0.2, 0) is 24.9 Å². The molecule has 0 aliphatic rings. The summed E-state index contributed by atoms with van der Waals surface area (Å²) >= 11 is 0. The Labute approximate surface area is 132 Å². The lowest BCUT2D eigenvalue weighted by Gasteiger charge is -2.11. The largest absolute Gasteiger partial charge is 0.375 e. The summed E-state index contributed by atoms with van der Waals surface area (Å²) in [4.78, 5) is 4.20. The summed E-state index contributed by atoms with van der Waals surface area (Å²) in [5.41, 5.74) is 2.42. The highest BCUT2D eigenvalue weighted by molar-refractivity contribution is 5.79. The third kappa shape index (κ3) is 5.61. The molecule has 1 aromatic heterocycles. The Morgan fingerprint density at radius 3 is 2.64 bits per heavy atom. The van der Waals surface area contributed by atoms with E-state index < -0.39 is 0 Å². The highest BCUT2D eigenvalue weighted by atomic mass is 16.5. The molecule has 2 rings (SSSR count). The maximum atomic E-state index is 5.63. The fraction of sp³-hybridized carbons (Fsp3) is 0.353. The minimum absolute atomic E-state index is 0.637. The van der Waals surface area contributed by atoms with Crippen molar-refractivity contribution in [3.8, 4) is 0 Å². The SMILES string of the molecule is CN=C(NCCOCc1ccccc1)NCc1ccn(C)c1. The normalized spacial score (nSPS) is 11.5. The number of nitrogens with zero attached hydrogens (tertiary/aromatic N) is 2. The van der Waals surface area contributed by atoms with Crippen LogP contribution in [0.2, 0.25) is 0 Å². The van der Waals surface area contributed by atoms with Crippen LogP contribution in [0.15, 0.2) is 53.8 Å². The molecule has 0 saturated heterocycles. The van der Waals surface area contributed by atoms with E-state index in [1.807, 2.05) is 36.0 Å². The molecular weight excluding hydrogens is 276 g/mol. The van der Waals surface area contributed by atoms with Crippen molar-refractivity contribution in [3.05, 3.63) is 59.9 Å². The Morgan fingerprint density at radius 2 is 1.95 bits per heavy atom. The predicted octanol–water partition coefficient (Wildman–Crippen LogP) is 1.91. The van der Waals surface area contributed by atoms with Crippen LogP contribution in [0.1, 0.15) is 11.1 Å². The minimum Gasteiger partial charge on any atom is -0.375 e. The summed E-state index contributed by atoms with van der Waals surface area (Å²) in [5.74, 6) is 0.784. The summed E-state index contributed by atoms with van der Waals surface area (Å²) < 4.78 is 7.66. The van der Waals surface area contributed by atoms with Crippen molar-refractivity contribution in [1.82, 2.24) is 15.2 Å². The second-order valence-electron chi connectivity index (χ2n) is 5.08. The van der Waals surface area contributed by atoms with Crippen LogP contribution in [0.5, 0.6) is 0 Å². The molecule has 0 aliphatic carbocycles. The zero-order valence-corrected chi connectivity index (χ0v) is 13.2. The molecule has 0 aliphatic heterocycles. The predicted molar refractivity (Wildman–Crippen MR) is 89.7 cm³/mol. The van der Waals surface area contributed by atoms with Gasteiger partial charge in [-0.2, -0.15) is 0 Å². The van der Waals surface area contributed by atoms with Crippen LogP contribution < -0.4 is 10.6 Å². The third-order valence-electron chi connectivity index (χ3n) is 3.23. The standard InChI is InChI=1S/C17H24N4O/c1-18-17(20-12-16-8-10-21(2)13-16)19-9-11-22-14-15-6-4-3-5-7-15/h3-8,10,13H,9,11-12,14H2,1-2H3,(H2,18,19,20). The van der Waals surface area contributed by atoms with Gasteiger partial charge in [-0.3, -0.25) is 4.99 Å². The van der Waals surface area contributed by atoms with Crippen LogP contribution in [0.3, 0.4) is 0 Å². The number of hydrogen-bond donors (Lipinski definition) is 2. The van der Waals surface area contributed by atoms with Gasteiger partial charge in [-0.05, 0) is 17.2 Å². The van der Waals surface area contributed by atoms with Crippen LogP contribution in [0, 0.1) is 0 Å². The monoisotopic (exact) mass is 300 g/mol. The van der Waals surface area contributed by atoms with Gasteiger partial charge in [-0.1, -0.05) is 30.3 Å². The number of ether oxygens (including phenoxy) is 1. The van der Waals surface area contributed by atoms with E-state index >= 15 is 0 Å². The van der Waals surface area contributed by atoms with Crippen molar-refractivity contribution in [2.24, 2.45) is 12.0 Å². The summed E-state index contributed by atoms with van der Waals surface area (Å²) in [6, 6.07) is 12.3. The van der Waals surface area contributed by atoms with Crippen LogP contribution in [-0.4, -0.2) is 30.7 Å². The molecular formula is C17H24N4O. The highest BCUT2D eigenvalue weighted by Gasteiger charge is 1.99. The molecule has 2 N–H and O–H groups in total. The Morgan fingerprint density at radius 1 is 1.14 bits per heavy atom. The van der Waals surface area contributed by atoms with Gasteiger partial charge < -0.3 is 19.9 Å². The van der Waals surface area contributed by atoms with Crippen LogP contribution in [0.4, 0.5) is 0 Å². The van der Waals surface area contributed by atoms with E-state index in [-0.39, 0.29) is 0 Å². The fourth-order valence-electron chi connectivity index (χ4n) is 2.08. The van der Waals surface area contributed by atoms with Crippen LogP contribution >= 0.6 is 0 Å². The lowest BCUT2D eigenvalue weighted by molar-refractivity contribution is 0.125. The molecule has 0 fully saturated rings. The first-order valence-corrected chi connectivity index (χ1v) is 7.45. The van der Waals surface area contributed by atoms with Crippen molar-refractivity contribution >= 4 is 5.96 Å². The molecule has 118 valence electrons. The molecule has 1 aromatic carbocycles. The molecule has 0 radical (unpaired) electrons. The maximum Gasteiger partial charge on any atom is 0.191 e. The summed E-state index contributed by atoms with van der Waals surface area (Å²) in [5, 5.41) is 6.52. The molecule has 2 aromatic rings. The number of guanidine groups is 1. The number of rotatable bonds is 7. The molecule has 0 unspecified atom stereocenters. The second-order valence-corrected chi connectivity index (χ2v) is 5.08. The Kier molecular flexibility index (Phi) is 6.51. The number of aromatic nitrogens is 1. The first-order chi connectivity index (χ1) is 10.8. The lowest BCUT2D eigenvalue weighted by Crippen LogP contribution is -2.38. The van der Waals surface area contributed by atoms with Gasteiger partial charge in [-0.15, -0.1) is 0 Å². The number of hydrogen-bond acceptors (Lipinski definition) is 2. The number of aliphatic imine (C=N–C) groups is 1. The number of nitrogens with one attached hydrogen (secondary N) is 2. The van der Waals surface area contributed by atoms with E-state index in [2.05, 4.69) is 40.0 Å². The van der Waals surface area contributed by atoms with Gasteiger partial charge in [0.2, 0.25) is 0 Å². The minimum atomic E-state index is 0.637. The molecule has 0 bridgehead atoms. The topological polar surface area (TPSA) is 50.6 Å². The van der Waals surface area contributed by atoms with E-state index in [1.165, 1.54) is 11.1 Å². The Hall–Kier alpha value is -2.27. The molecule has 5 heteroatoms. The van der Waals surface area contributed by atoms with Gasteiger partial charge in [0.15, 0.2) is 5.96 Å². The molecule has 0 saturated carbocycles. The Balaban J connectivity index is 1.60. The van der Waals surface area contributed by atoms with E-state index in [0.717, 1.165) is 19.0 Å². The van der Waals surface area contributed by atoms with Gasteiger partial charge in [0.25, 0.3) is 0 Å². The van der Waals surface area contributed by atoms with E-state index in [0.29, 0.717) is 13.2 Å². The molecule has 1 heterocycles. The number of benzene rings is 1. The average molecular weight is 300 g/mol. The van der Waals surface area contributed by atoms with Crippen molar-refractivity contribution in [2.45, 2.75) is 13.2 Å². The highest BCUT2D eigenvalue weighted by Crippen LogP contribution is 2.00. The van der Waals surface area contributed by atoms with Gasteiger partial charge in [0.1, 0.15) is 0 Å². The lowest BCUT2D eigenvalue weighted by atomic mass is 10.2. The van der Waals surface area contributed by atoms with Gasteiger partial charge in [-0.25, -0.2) is 0 Å². The zero-order valence-electron chi connectivity index (χ0n) is 13.2. The molecule has 22 heavy (non-hydrogen) atoms. The van der Waals surface area contributed by atoms with Crippen molar-refractivity contribution in [1.29, 1.82) is 0 Å². The van der Waals surface area contributed by atoms with E-state index in [4.69, 9.17) is 4.74 Å². The first kappa shape index (κ1) is 16.1. The second kappa shape index (κ2) is 8.89. The molecule has 0 spiro atoms. The quantitative estimate of drug-likeness (QED) is 0.466. The summed E-state index contributed by atoms with van der Waals surface area (Å²) in [6.07, 6.45) is 4.12. The van der Waals surface area contributed by atoms with Gasteiger partial charge in [0, 0.05) is 39.6 Å². The van der Waals surface area contributed by atoms with Gasteiger partial charge >= 0.3 is 0 Å². The molecule has 0 amide bonds. The van der Waals surface area contributed by atoms with Crippen molar-refractivity contribution in [2.75, 3.05) is 20.2 Å².